The van der Waals surface area contributed by atoms with Crippen LogP contribution >= 0.6 is 11.8 Å². The molecule has 21 heavy (non-hydrogen) atoms. The normalized spacial score (nSPS) is 12.1. The number of nitrogens with zero attached hydrogens (tertiary/aromatic N) is 1. The maximum absolute atomic E-state index is 11.9. The molecule has 1 aromatic carbocycles. The van der Waals surface area contributed by atoms with Crippen molar-refractivity contribution in [2.75, 3.05) is 37.5 Å². The topological polar surface area (TPSA) is 61.4 Å². The van der Waals surface area contributed by atoms with Crippen LogP contribution in [0.3, 0.4) is 0 Å². The minimum Gasteiger partial charge on any atom is -0.325 e. The van der Waals surface area contributed by atoms with Gasteiger partial charge in [0, 0.05) is 11.4 Å². The number of rotatable bonds is 6. The zero-order valence-corrected chi connectivity index (χ0v) is 14.0. The summed E-state index contributed by atoms with van der Waals surface area (Å²) in [5.74, 6) is -0.124. The zero-order valence-electron chi connectivity index (χ0n) is 13.2. The predicted molar refractivity (Wildman–Crippen MR) is 90.0 cm³/mol. The van der Waals surface area contributed by atoms with Gasteiger partial charge in [-0.3, -0.25) is 9.59 Å². The highest BCUT2D eigenvalue weighted by atomic mass is 32.2. The summed E-state index contributed by atoms with van der Waals surface area (Å²) in [7, 11) is 3.68. The van der Waals surface area contributed by atoms with Gasteiger partial charge in [-0.1, -0.05) is 6.07 Å². The molecule has 0 radical (unpaired) electrons. The van der Waals surface area contributed by atoms with Crippen molar-refractivity contribution >= 4 is 35.0 Å². The minimum atomic E-state index is -0.113. The van der Waals surface area contributed by atoms with Crippen LogP contribution in [0.2, 0.25) is 0 Å². The Morgan fingerprint density at radius 2 is 1.95 bits per heavy atom. The standard InChI is InChI=1S/C15H23N3O2S/c1-10-6-7-12(16-15(20)11(2)21-5)8-13(10)17-14(19)9-18(3)4/h6-8,11H,9H2,1-5H3,(H,16,20)(H,17,19). The van der Waals surface area contributed by atoms with Crippen LogP contribution in [-0.2, 0) is 9.59 Å². The van der Waals surface area contributed by atoms with Crippen molar-refractivity contribution in [3.63, 3.8) is 0 Å². The Hall–Kier alpha value is -1.53. The summed E-state index contributed by atoms with van der Waals surface area (Å²) in [5, 5.41) is 5.60. The molecule has 2 amide bonds. The number of amides is 2. The van der Waals surface area contributed by atoms with Crippen molar-refractivity contribution in [3.05, 3.63) is 23.8 Å². The zero-order chi connectivity index (χ0) is 16.0. The van der Waals surface area contributed by atoms with Crippen LogP contribution in [0.25, 0.3) is 0 Å². The van der Waals surface area contributed by atoms with Gasteiger partial charge in [0.05, 0.1) is 11.8 Å². The van der Waals surface area contributed by atoms with Gasteiger partial charge in [-0.25, -0.2) is 0 Å². The fourth-order valence-corrected chi connectivity index (χ4v) is 1.94. The van der Waals surface area contributed by atoms with E-state index in [1.54, 1.807) is 11.0 Å². The Morgan fingerprint density at radius 3 is 2.52 bits per heavy atom. The first kappa shape index (κ1) is 17.5. The molecule has 1 unspecified atom stereocenters. The monoisotopic (exact) mass is 309 g/mol. The molecule has 0 saturated carbocycles. The quantitative estimate of drug-likeness (QED) is 0.845. The molecular weight excluding hydrogens is 286 g/mol. The average Bonchev–Trinajstić information content (AvgIpc) is 2.40. The molecule has 0 aliphatic heterocycles. The van der Waals surface area contributed by atoms with E-state index in [-0.39, 0.29) is 17.1 Å². The van der Waals surface area contributed by atoms with E-state index < -0.39 is 0 Å². The largest absolute Gasteiger partial charge is 0.325 e. The molecule has 0 saturated heterocycles. The highest BCUT2D eigenvalue weighted by Crippen LogP contribution is 2.21. The van der Waals surface area contributed by atoms with E-state index in [2.05, 4.69) is 10.6 Å². The lowest BCUT2D eigenvalue weighted by atomic mass is 10.1. The van der Waals surface area contributed by atoms with Crippen molar-refractivity contribution in [1.29, 1.82) is 0 Å². The Morgan fingerprint density at radius 1 is 1.29 bits per heavy atom. The van der Waals surface area contributed by atoms with E-state index in [4.69, 9.17) is 0 Å². The fourth-order valence-electron chi connectivity index (χ4n) is 1.66. The molecule has 0 spiro atoms. The molecule has 0 aliphatic rings. The van der Waals surface area contributed by atoms with Gasteiger partial charge < -0.3 is 15.5 Å². The SMILES string of the molecule is CSC(C)C(=O)Nc1ccc(C)c(NC(=O)CN(C)C)c1. The molecule has 1 atom stereocenters. The van der Waals surface area contributed by atoms with Gasteiger partial charge in [0.25, 0.3) is 0 Å². The van der Waals surface area contributed by atoms with Crippen LogP contribution in [0, 0.1) is 6.92 Å². The minimum absolute atomic E-state index is 0.0445. The van der Waals surface area contributed by atoms with Crippen LogP contribution in [0.1, 0.15) is 12.5 Å². The number of carbonyl (C=O) groups is 2. The first-order valence-electron chi connectivity index (χ1n) is 6.72. The van der Waals surface area contributed by atoms with Gasteiger partial charge in [0.15, 0.2) is 0 Å². The van der Waals surface area contributed by atoms with Gasteiger partial charge in [-0.2, -0.15) is 11.8 Å². The van der Waals surface area contributed by atoms with E-state index in [9.17, 15) is 9.59 Å². The maximum Gasteiger partial charge on any atom is 0.238 e. The second-order valence-corrected chi connectivity index (χ2v) is 6.36. The lowest BCUT2D eigenvalue weighted by Crippen LogP contribution is -2.27. The highest BCUT2D eigenvalue weighted by Gasteiger charge is 2.12. The molecule has 0 aromatic heterocycles. The van der Waals surface area contributed by atoms with Gasteiger partial charge in [-0.15, -0.1) is 0 Å². The lowest BCUT2D eigenvalue weighted by Gasteiger charge is -2.14. The average molecular weight is 309 g/mol. The Kier molecular flexibility index (Phi) is 6.71. The third kappa shape index (κ3) is 5.77. The lowest BCUT2D eigenvalue weighted by molar-refractivity contribution is -0.117. The molecule has 0 heterocycles. The number of likely N-dealkylation sites (N-methyl/N-ethyl adjacent to an activating group) is 1. The van der Waals surface area contributed by atoms with Crippen molar-refractivity contribution in [2.45, 2.75) is 19.1 Å². The number of hydrogen-bond acceptors (Lipinski definition) is 4. The molecule has 0 bridgehead atoms. The second-order valence-electron chi connectivity index (χ2n) is 5.18. The summed E-state index contributed by atoms with van der Waals surface area (Å²) in [6.45, 7) is 4.09. The van der Waals surface area contributed by atoms with Gasteiger partial charge in [0.1, 0.15) is 0 Å². The van der Waals surface area contributed by atoms with E-state index in [1.807, 2.05) is 46.3 Å². The third-order valence-electron chi connectivity index (χ3n) is 2.96. The molecule has 2 N–H and O–H groups in total. The first-order chi connectivity index (χ1) is 9.83. The first-order valence-corrected chi connectivity index (χ1v) is 8.01. The number of nitrogens with one attached hydrogen (secondary N) is 2. The van der Waals surface area contributed by atoms with Crippen molar-refractivity contribution in [2.24, 2.45) is 0 Å². The molecule has 1 rings (SSSR count). The van der Waals surface area contributed by atoms with Crippen molar-refractivity contribution in [3.8, 4) is 0 Å². The van der Waals surface area contributed by atoms with E-state index in [0.29, 0.717) is 12.2 Å². The van der Waals surface area contributed by atoms with Crippen LogP contribution < -0.4 is 10.6 Å². The van der Waals surface area contributed by atoms with Crippen LogP contribution in [0.4, 0.5) is 11.4 Å². The third-order valence-corrected chi connectivity index (χ3v) is 3.88. The highest BCUT2D eigenvalue weighted by molar-refractivity contribution is 7.99. The number of thioether (sulfide) groups is 1. The van der Waals surface area contributed by atoms with E-state index in [1.165, 1.54) is 11.8 Å². The molecule has 0 aliphatic carbocycles. The number of anilines is 2. The van der Waals surface area contributed by atoms with Gasteiger partial charge >= 0.3 is 0 Å². The molecule has 1 aromatic rings. The molecule has 6 heteroatoms. The van der Waals surface area contributed by atoms with Crippen molar-refractivity contribution in [1.82, 2.24) is 4.90 Å². The number of carbonyl (C=O) groups excluding carboxylic acids is 2. The maximum atomic E-state index is 11.9. The van der Waals surface area contributed by atoms with Crippen LogP contribution in [-0.4, -0.2) is 48.9 Å². The molecular formula is C15H23N3O2S. The van der Waals surface area contributed by atoms with Crippen LogP contribution in [0.15, 0.2) is 18.2 Å². The molecule has 0 fully saturated rings. The fraction of sp³-hybridized carbons (Fsp3) is 0.467. The van der Waals surface area contributed by atoms with E-state index >= 15 is 0 Å². The summed E-state index contributed by atoms with van der Waals surface area (Å²) in [5.41, 5.74) is 2.36. The molecule has 116 valence electrons. The Balaban J connectivity index is 2.80. The second kappa shape index (κ2) is 8.05. The number of aryl methyl sites for hydroxylation is 1. The predicted octanol–water partition coefficient (Wildman–Crippen LogP) is 2.19. The smallest absolute Gasteiger partial charge is 0.238 e. The Labute approximate surface area is 130 Å². The Bertz CT molecular complexity index is 518. The number of benzene rings is 1. The van der Waals surface area contributed by atoms with Gasteiger partial charge in [0.2, 0.25) is 11.8 Å². The summed E-state index contributed by atoms with van der Waals surface area (Å²) < 4.78 is 0. The van der Waals surface area contributed by atoms with Crippen molar-refractivity contribution < 1.29 is 9.59 Å². The summed E-state index contributed by atoms with van der Waals surface area (Å²) in [6, 6.07) is 5.50. The van der Waals surface area contributed by atoms with Gasteiger partial charge in [-0.05, 0) is 51.9 Å². The van der Waals surface area contributed by atoms with E-state index in [0.717, 1.165) is 11.3 Å². The summed E-state index contributed by atoms with van der Waals surface area (Å²) >= 11 is 1.49. The summed E-state index contributed by atoms with van der Waals surface area (Å²) in [4.78, 5) is 25.5. The summed E-state index contributed by atoms with van der Waals surface area (Å²) in [6.07, 6.45) is 1.90. The molecule has 5 nitrogen and oxygen atoms in total. The van der Waals surface area contributed by atoms with Crippen LogP contribution in [0.5, 0.6) is 0 Å². The number of hydrogen-bond donors (Lipinski definition) is 2.